The van der Waals surface area contributed by atoms with E-state index < -0.39 is 10.2 Å². The average molecular weight is 200 g/mol. The van der Waals surface area contributed by atoms with E-state index in [0.717, 1.165) is 0 Å². The van der Waals surface area contributed by atoms with Crippen molar-refractivity contribution in [1.82, 2.24) is 0 Å². The number of hydrogen-bond donors (Lipinski definition) is 0. The molecule has 0 saturated heterocycles. The van der Waals surface area contributed by atoms with Crippen molar-refractivity contribution in [1.29, 1.82) is 0 Å². The van der Waals surface area contributed by atoms with Gasteiger partial charge in [0, 0.05) is 5.56 Å². The van der Waals surface area contributed by atoms with Gasteiger partial charge in [0.2, 0.25) is 0 Å². The van der Waals surface area contributed by atoms with Crippen molar-refractivity contribution < 1.29 is 9.72 Å². The summed E-state index contributed by atoms with van der Waals surface area (Å²) in [5.74, 6) is 0. The van der Waals surface area contributed by atoms with E-state index in [0.29, 0.717) is 5.56 Å². The Morgan fingerprint density at radius 1 is 1.54 bits per heavy atom. The first kappa shape index (κ1) is 9.67. The number of benzene rings is 1. The monoisotopic (exact) mass is 199 g/mol. The summed E-state index contributed by atoms with van der Waals surface area (Å²) in [6, 6.07) is 4.44. The van der Waals surface area contributed by atoms with Crippen LogP contribution in [0.5, 0.6) is 0 Å². The van der Waals surface area contributed by atoms with E-state index in [1.165, 1.54) is 6.07 Å². The van der Waals surface area contributed by atoms with Gasteiger partial charge < -0.3 is 0 Å². The molecule has 0 aliphatic rings. The van der Waals surface area contributed by atoms with Crippen molar-refractivity contribution in [2.45, 2.75) is 6.92 Å². The summed E-state index contributed by atoms with van der Waals surface area (Å²) in [5, 5.41) is 9.73. The molecule has 5 heteroatoms. The molecule has 1 aromatic rings. The van der Waals surface area contributed by atoms with Crippen LogP contribution in [0.3, 0.4) is 0 Å². The number of para-hydroxylation sites is 1. The lowest BCUT2D eigenvalue weighted by molar-refractivity contribution is -0.385. The van der Waals surface area contributed by atoms with Gasteiger partial charge in [-0.15, -0.1) is 0 Å². The molecule has 0 bridgehead atoms. The Labute approximate surface area is 79.3 Å². The first-order valence-electron chi connectivity index (χ1n) is 3.48. The van der Waals surface area contributed by atoms with Crippen molar-refractivity contribution >= 4 is 22.5 Å². The molecular formula is C8H6ClNO3. The van der Waals surface area contributed by atoms with E-state index in [-0.39, 0.29) is 11.3 Å². The number of carbonyl (C=O) groups excluding carboxylic acids is 1. The van der Waals surface area contributed by atoms with Gasteiger partial charge in [-0.25, -0.2) is 0 Å². The van der Waals surface area contributed by atoms with Crippen LogP contribution in [0, 0.1) is 17.0 Å². The van der Waals surface area contributed by atoms with E-state index in [1.807, 2.05) is 0 Å². The minimum atomic E-state index is -0.810. The minimum absolute atomic E-state index is 0.0633. The lowest BCUT2D eigenvalue weighted by Gasteiger charge is -1.99. The third-order valence-electron chi connectivity index (χ3n) is 1.63. The topological polar surface area (TPSA) is 60.2 Å². The molecule has 1 rings (SSSR count). The van der Waals surface area contributed by atoms with Gasteiger partial charge in [0.1, 0.15) is 5.56 Å². The standard InChI is InChI=1S/C8H6ClNO3/c1-5-3-2-4-6(8(9)11)7(5)10(12)13/h2-4H,1H3. The second kappa shape index (κ2) is 3.53. The fourth-order valence-electron chi connectivity index (χ4n) is 1.06. The molecule has 0 atom stereocenters. The van der Waals surface area contributed by atoms with Crippen LogP contribution < -0.4 is 0 Å². The maximum Gasteiger partial charge on any atom is 0.284 e. The number of nitrogens with zero attached hydrogens (tertiary/aromatic N) is 1. The minimum Gasteiger partial charge on any atom is -0.275 e. The number of nitro benzene ring substituents is 1. The molecule has 0 unspecified atom stereocenters. The van der Waals surface area contributed by atoms with Gasteiger partial charge in [-0.3, -0.25) is 14.9 Å². The van der Waals surface area contributed by atoms with Crippen molar-refractivity contribution in [3.05, 3.63) is 39.4 Å². The molecule has 0 fully saturated rings. The summed E-state index contributed by atoms with van der Waals surface area (Å²) in [5.41, 5.74) is 0.144. The Balaban J connectivity index is 3.43. The SMILES string of the molecule is Cc1cccc(C(=O)Cl)c1[N+](=O)[O-]. The van der Waals surface area contributed by atoms with E-state index in [1.54, 1.807) is 19.1 Å². The smallest absolute Gasteiger partial charge is 0.275 e. The highest BCUT2D eigenvalue weighted by atomic mass is 35.5. The summed E-state index contributed by atoms with van der Waals surface area (Å²) in [6.45, 7) is 1.56. The second-order valence-electron chi connectivity index (χ2n) is 2.50. The van der Waals surface area contributed by atoms with Gasteiger partial charge in [0.25, 0.3) is 10.9 Å². The highest BCUT2D eigenvalue weighted by Gasteiger charge is 2.20. The molecule has 0 spiro atoms. The molecule has 0 radical (unpaired) electrons. The average Bonchev–Trinajstić information content (AvgIpc) is 2.02. The second-order valence-corrected chi connectivity index (χ2v) is 2.85. The van der Waals surface area contributed by atoms with Crippen LogP contribution in [0.2, 0.25) is 0 Å². The maximum atomic E-state index is 10.8. The molecule has 0 N–H and O–H groups in total. The molecule has 1 aromatic carbocycles. The van der Waals surface area contributed by atoms with Gasteiger partial charge in [-0.1, -0.05) is 12.1 Å². The van der Waals surface area contributed by atoms with Crippen LogP contribution in [0.4, 0.5) is 5.69 Å². The summed E-state index contributed by atoms with van der Waals surface area (Å²) in [4.78, 5) is 20.7. The van der Waals surface area contributed by atoms with Crippen molar-refractivity contribution in [2.24, 2.45) is 0 Å². The van der Waals surface area contributed by atoms with Crippen molar-refractivity contribution in [2.75, 3.05) is 0 Å². The lowest BCUT2D eigenvalue weighted by Crippen LogP contribution is -2.00. The van der Waals surface area contributed by atoms with Crippen LogP contribution in [0.1, 0.15) is 15.9 Å². The van der Waals surface area contributed by atoms with Crippen molar-refractivity contribution in [3.8, 4) is 0 Å². The van der Waals surface area contributed by atoms with Crippen LogP contribution >= 0.6 is 11.6 Å². The largest absolute Gasteiger partial charge is 0.284 e. The molecule has 4 nitrogen and oxygen atoms in total. The first-order valence-corrected chi connectivity index (χ1v) is 3.85. The molecular weight excluding hydrogens is 194 g/mol. The number of nitro groups is 1. The van der Waals surface area contributed by atoms with Crippen molar-refractivity contribution in [3.63, 3.8) is 0 Å². The van der Waals surface area contributed by atoms with E-state index in [9.17, 15) is 14.9 Å². The Morgan fingerprint density at radius 3 is 2.54 bits per heavy atom. The summed E-state index contributed by atoms with van der Waals surface area (Å²) in [7, 11) is 0. The zero-order valence-electron chi connectivity index (χ0n) is 6.78. The Bertz CT molecular complexity index is 376. The maximum absolute atomic E-state index is 10.8. The first-order chi connectivity index (χ1) is 6.04. The molecule has 0 aliphatic carbocycles. The third kappa shape index (κ3) is 1.84. The quantitative estimate of drug-likeness (QED) is 0.417. The van der Waals surface area contributed by atoms with Crippen LogP contribution in [-0.4, -0.2) is 10.2 Å². The number of halogens is 1. The van der Waals surface area contributed by atoms with Gasteiger partial charge in [0.05, 0.1) is 4.92 Å². The van der Waals surface area contributed by atoms with Crippen LogP contribution in [-0.2, 0) is 0 Å². The summed E-state index contributed by atoms with van der Waals surface area (Å²) < 4.78 is 0. The van der Waals surface area contributed by atoms with E-state index in [4.69, 9.17) is 11.6 Å². The zero-order chi connectivity index (χ0) is 10.0. The summed E-state index contributed by atoms with van der Waals surface area (Å²) >= 11 is 5.18. The number of hydrogen-bond acceptors (Lipinski definition) is 3. The number of carbonyl (C=O) groups is 1. The zero-order valence-corrected chi connectivity index (χ0v) is 7.54. The summed E-state index contributed by atoms with van der Waals surface area (Å²) in [6.07, 6.45) is 0. The van der Waals surface area contributed by atoms with E-state index in [2.05, 4.69) is 0 Å². The third-order valence-corrected chi connectivity index (χ3v) is 1.84. The van der Waals surface area contributed by atoms with Crippen LogP contribution in [0.25, 0.3) is 0 Å². The Kier molecular flexibility index (Phi) is 2.63. The van der Waals surface area contributed by atoms with E-state index >= 15 is 0 Å². The highest BCUT2D eigenvalue weighted by molar-refractivity contribution is 6.68. The normalized spacial score (nSPS) is 9.69. The molecule has 0 heterocycles. The molecule has 0 aliphatic heterocycles. The van der Waals surface area contributed by atoms with Gasteiger partial charge in [0.15, 0.2) is 0 Å². The molecule has 0 saturated carbocycles. The number of rotatable bonds is 2. The predicted octanol–water partition coefficient (Wildman–Crippen LogP) is 2.28. The number of aryl methyl sites for hydroxylation is 1. The fourth-order valence-corrected chi connectivity index (χ4v) is 1.21. The highest BCUT2D eigenvalue weighted by Crippen LogP contribution is 2.24. The molecule has 68 valence electrons. The Hall–Kier alpha value is -1.42. The van der Waals surface area contributed by atoms with Crippen LogP contribution in [0.15, 0.2) is 18.2 Å². The fraction of sp³-hybridized carbons (Fsp3) is 0.125. The molecule has 0 aromatic heterocycles. The lowest BCUT2D eigenvalue weighted by atomic mass is 10.1. The van der Waals surface area contributed by atoms with Gasteiger partial charge in [-0.2, -0.15) is 0 Å². The Morgan fingerprint density at radius 2 is 2.15 bits per heavy atom. The molecule has 13 heavy (non-hydrogen) atoms. The van der Waals surface area contributed by atoms with Gasteiger partial charge >= 0.3 is 0 Å². The van der Waals surface area contributed by atoms with Gasteiger partial charge in [-0.05, 0) is 24.6 Å². The predicted molar refractivity (Wildman–Crippen MR) is 48.0 cm³/mol. The molecule has 0 amide bonds.